The fraction of sp³-hybridized carbons (Fsp3) is 0.455. The van der Waals surface area contributed by atoms with E-state index < -0.39 is 11.8 Å². The van der Waals surface area contributed by atoms with Crippen LogP contribution in [0.15, 0.2) is 17.5 Å². The first-order valence-electron chi connectivity index (χ1n) is 5.22. The predicted molar refractivity (Wildman–Crippen MR) is 62.3 cm³/mol. The summed E-state index contributed by atoms with van der Waals surface area (Å²) in [6, 6.07) is 4.10. The molecular formula is C11H14N2O2S. The topological polar surface area (TPSA) is 58.2 Å². The number of carbonyl (C=O) groups excluding carboxylic acids is 2. The summed E-state index contributed by atoms with van der Waals surface area (Å²) in [5, 5.41) is 7.03. The number of amides is 2. The van der Waals surface area contributed by atoms with Crippen molar-refractivity contribution >= 4 is 23.2 Å². The van der Waals surface area contributed by atoms with Crippen molar-refractivity contribution < 1.29 is 9.59 Å². The second-order valence-corrected chi connectivity index (χ2v) is 4.97. The highest BCUT2D eigenvalue weighted by molar-refractivity contribution is 7.10. The maximum absolute atomic E-state index is 11.3. The van der Waals surface area contributed by atoms with Gasteiger partial charge in [0.25, 0.3) is 0 Å². The van der Waals surface area contributed by atoms with E-state index in [1.807, 2.05) is 11.4 Å². The molecule has 0 saturated heterocycles. The van der Waals surface area contributed by atoms with Crippen molar-refractivity contribution in [1.29, 1.82) is 0 Å². The van der Waals surface area contributed by atoms with Gasteiger partial charge in [0.15, 0.2) is 0 Å². The fourth-order valence-electron chi connectivity index (χ4n) is 1.68. The Labute approximate surface area is 98.0 Å². The molecule has 16 heavy (non-hydrogen) atoms. The Kier molecular flexibility index (Phi) is 2.96. The average Bonchev–Trinajstić information content (AvgIpc) is 2.89. The molecule has 1 saturated carbocycles. The van der Waals surface area contributed by atoms with Crippen LogP contribution in [0, 0.1) is 0 Å². The number of likely N-dealkylation sites (N-methyl/N-ethyl adjacent to an activating group) is 1. The van der Waals surface area contributed by atoms with Crippen LogP contribution in [0.25, 0.3) is 0 Å². The van der Waals surface area contributed by atoms with E-state index in [1.54, 1.807) is 11.3 Å². The maximum Gasteiger partial charge on any atom is 0.309 e. The Morgan fingerprint density at radius 1 is 1.44 bits per heavy atom. The van der Waals surface area contributed by atoms with Crippen LogP contribution in [0.3, 0.4) is 0 Å². The van der Waals surface area contributed by atoms with Gasteiger partial charge in [-0.05, 0) is 24.3 Å². The molecule has 0 aliphatic heterocycles. The number of rotatable bonds is 3. The molecule has 1 aromatic heterocycles. The van der Waals surface area contributed by atoms with Crippen molar-refractivity contribution in [3.63, 3.8) is 0 Å². The van der Waals surface area contributed by atoms with Crippen LogP contribution in [0.2, 0.25) is 0 Å². The molecule has 1 aliphatic rings. The van der Waals surface area contributed by atoms with Crippen molar-refractivity contribution in [2.45, 2.75) is 18.3 Å². The summed E-state index contributed by atoms with van der Waals surface area (Å²) in [7, 11) is 1.45. The van der Waals surface area contributed by atoms with Crippen LogP contribution in [0.4, 0.5) is 0 Å². The summed E-state index contributed by atoms with van der Waals surface area (Å²) >= 11 is 1.71. The van der Waals surface area contributed by atoms with Crippen molar-refractivity contribution in [2.75, 3.05) is 13.6 Å². The largest absolute Gasteiger partial charge is 0.351 e. The minimum atomic E-state index is -0.582. The highest BCUT2D eigenvalue weighted by Gasteiger charge is 2.45. The van der Waals surface area contributed by atoms with Crippen LogP contribution >= 0.6 is 11.3 Å². The lowest BCUT2D eigenvalue weighted by atomic mass is 10.1. The summed E-state index contributed by atoms with van der Waals surface area (Å²) in [5.74, 6) is -1.13. The van der Waals surface area contributed by atoms with E-state index in [9.17, 15) is 9.59 Å². The third-order valence-electron chi connectivity index (χ3n) is 2.92. The van der Waals surface area contributed by atoms with Gasteiger partial charge in [-0.3, -0.25) is 9.59 Å². The number of carbonyl (C=O) groups is 2. The minimum absolute atomic E-state index is 0.0951. The Bertz CT molecular complexity index is 396. The van der Waals surface area contributed by atoms with Gasteiger partial charge in [0, 0.05) is 23.9 Å². The molecule has 86 valence electrons. The lowest BCUT2D eigenvalue weighted by Gasteiger charge is -2.13. The van der Waals surface area contributed by atoms with Crippen molar-refractivity contribution in [3.05, 3.63) is 22.4 Å². The van der Waals surface area contributed by atoms with Gasteiger partial charge in [-0.25, -0.2) is 0 Å². The molecule has 1 fully saturated rings. The molecule has 0 bridgehead atoms. The lowest BCUT2D eigenvalue weighted by molar-refractivity contribution is -0.138. The second-order valence-electron chi connectivity index (χ2n) is 4.02. The second kappa shape index (κ2) is 4.25. The highest BCUT2D eigenvalue weighted by Crippen LogP contribution is 2.49. The van der Waals surface area contributed by atoms with Gasteiger partial charge in [-0.1, -0.05) is 6.07 Å². The number of nitrogens with one attached hydrogen (secondary N) is 2. The quantitative estimate of drug-likeness (QED) is 0.759. The number of thiophene rings is 1. The van der Waals surface area contributed by atoms with Crippen LogP contribution in [-0.2, 0) is 15.0 Å². The zero-order chi connectivity index (χ0) is 11.6. The minimum Gasteiger partial charge on any atom is -0.351 e. The average molecular weight is 238 g/mol. The van der Waals surface area contributed by atoms with Crippen molar-refractivity contribution in [2.24, 2.45) is 0 Å². The summed E-state index contributed by atoms with van der Waals surface area (Å²) in [4.78, 5) is 23.6. The monoisotopic (exact) mass is 238 g/mol. The van der Waals surface area contributed by atoms with Gasteiger partial charge in [0.1, 0.15) is 0 Å². The summed E-state index contributed by atoms with van der Waals surface area (Å²) in [5.41, 5.74) is 0.0951. The van der Waals surface area contributed by atoms with Gasteiger partial charge in [-0.15, -0.1) is 11.3 Å². The molecule has 2 amide bonds. The van der Waals surface area contributed by atoms with E-state index in [-0.39, 0.29) is 5.41 Å². The van der Waals surface area contributed by atoms with Gasteiger partial charge in [-0.2, -0.15) is 0 Å². The molecule has 0 spiro atoms. The SMILES string of the molecule is CNC(=O)C(=O)NCC1(c2cccs2)CC1. The first-order chi connectivity index (χ1) is 7.68. The molecule has 0 atom stereocenters. The summed E-state index contributed by atoms with van der Waals surface area (Å²) in [6.07, 6.45) is 2.17. The van der Waals surface area contributed by atoms with Crippen LogP contribution in [0.1, 0.15) is 17.7 Å². The molecular weight excluding hydrogens is 224 g/mol. The maximum atomic E-state index is 11.3. The van der Waals surface area contributed by atoms with Crippen molar-refractivity contribution in [3.8, 4) is 0 Å². The standard InChI is InChI=1S/C11H14N2O2S/c1-12-9(14)10(15)13-7-11(4-5-11)8-3-2-6-16-8/h2-3,6H,4-5,7H2,1H3,(H,12,14)(H,13,15). The predicted octanol–water partition coefficient (Wildman–Crippen LogP) is 0.642. The molecule has 5 heteroatoms. The Morgan fingerprint density at radius 3 is 2.69 bits per heavy atom. The highest BCUT2D eigenvalue weighted by atomic mass is 32.1. The molecule has 1 aromatic rings. The Hall–Kier alpha value is -1.36. The van der Waals surface area contributed by atoms with Crippen molar-refractivity contribution in [1.82, 2.24) is 10.6 Å². The molecule has 2 rings (SSSR count). The zero-order valence-electron chi connectivity index (χ0n) is 9.08. The van der Waals surface area contributed by atoms with Crippen LogP contribution in [-0.4, -0.2) is 25.4 Å². The smallest absolute Gasteiger partial charge is 0.309 e. The molecule has 0 aromatic carbocycles. The molecule has 1 aliphatic carbocycles. The summed E-state index contributed by atoms with van der Waals surface area (Å²) in [6.45, 7) is 0.555. The van der Waals surface area contributed by atoms with Gasteiger partial charge in [0.05, 0.1) is 0 Å². The summed E-state index contributed by atoms with van der Waals surface area (Å²) < 4.78 is 0. The third-order valence-corrected chi connectivity index (χ3v) is 4.03. The Balaban J connectivity index is 1.92. The third kappa shape index (κ3) is 2.09. The number of hydrogen-bond donors (Lipinski definition) is 2. The van der Waals surface area contributed by atoms with Crippen LogP contribution in [0.5, 0.6) is 0 Å². The van der Waals surface area contributed by atoms with Gasteiger partial charge in [0.2, 0.25) is 0 Å². The first-order valence-corrected chi connectivity index (χ1v) is 6.10. The van der Waals surface area contributed by atoms with E-state index in [0.29, 0.717) is 6.54 Å². The molecule has 4 nitrogen and oxygen atoms in total. The van der Waals surface area contributed by atoms with Crippen LogP contribution < -0.4 is 10.6 Å². The number of hydrogen-bond acceptors (Lipinski definition) is 3. The molecule has 1 heterocycles. The van der Waals surface area contributed by atoms with Gasteiger partial charge >= 0.3 is 11.8 Å². The van der Waals surface area contributed by atoms with Gasteiger partial charge < -0.3 is 10.6 Å². The lowest BCUT2D eigenvalue weighted by Crippen LogP contribution is -2.41. The molecule has 0 unspecified atom stereocenters. The van der Waals surface area contributed by atoms with E-state index >= 15 is 0 Å². The van der Waals surface area contributed by atoms with E-state index in [1.165, 1.54) is 11.9 Å². The molecule has 0 radical (unpaired) electrons. The van der Waals surface area contributed by atoms with E-state index in [0.717, 1.165) is 12.8 Å². The van der Waals surface area contributed by atoms with E-state index in [4.69, 9.17) is 0 Å². The zero-order valence-corrected chi connectivity index (χ0v) is 9.89. The molecule has 2 N–H and O–H groups in total. The fourth-order valence-corrected chi connectivity index (χ4v) is 2.67. The normalized spacial score (nSPS) is 16.6. The van der Waals surface area contributed by atoms with E-state index in [2.05, 4.69) is 16.7 Å². The first kappa shape index (κ1) is 11.1. The Morgan fingerprint density at radius 2 is 2.19 bits per heavy atom.